The summed E-state index contributed by atoms with van der Waals surface area (Å²) in [5.74, 6) is -4.32. The molecule has 0 aliphatic carbocycles. The van der Waals surface area contributed by atoms with Crippen molar-refractivity contribution < 1.29 is 54.1 Å². The Morgan fingerprint density at radius 3 is 2.50 bits per heavy atom. The van der Waals surface area contributed by atoms with Gasteiger partial charge in [0, 0.05) is 19.4 Å². The Labute approximate surface area is 220 Å². The van der Waals surface area contributed by atoms with E-state index in [9.17, 15) is 39.9 Å². The van der Waals surface area contributed by atoms with Gasteiger partial charge in [-0.3, -0.25) is 4.79 Å². The Hall–Kier alpha value is -2.81. The predicted molar refractivity (Wildman–Crippen MR) is 131 cm³/mol. The summed E-state index contributed by atoms with van der Waals surface area (Å²) in [5, 5.41) is 55.7. The molecule has 2 rings (SSSR count). The summed E-state index contributed by atoms with van der Waals surface area (Å²) < 4.78 is 15.2. The van der Waals surface area contributed by atoms with Crippen molar-refractivity contribution in [2.24, 2.45) is 0 Å². The molecule has 0 spiro atoms. The lowest BCUT2D eigenvalue weighted by Crippen LogP contribution is -2.67. The summed E-state index contributed by atoms with van der Waals surface area (Å²) in [4.78, 5) is 36.4. The fraction of sp³-hybridized carbons (Fsp3) is 0.640. The van der Waals surface area contributed by atoms with Crippen LogP contribution >= 0.6 is 0 Å². The van der Waals surface area contributed by atoms with Gasteiger partial charge in [0.25, 0.3) is 5.79 Å². The van der Waals surface area contributed by atoms with Crippen LogP contribution in [0.2, 0.25) is 0 Å². The lowest BCUT2D eigenvalue weighted by Gasteiger charge is -2.45. The van der Waals surface area contributed by atoms with Gasteiger partial charge in [-0.1, -0.05) is 36.8 Å². The number of hydrogen-bond donors (Lipinski definition) is 7. The zero-order chi connectivity index (χ0) is 28.1. The van der Waals surface area contributed by atoms with Crippen molar-refractivity contribution in [1.29, 1.82) is 0 Å². The van der Waals surface area contributed by atoms with Crippen LogP contribution in [0.4, 0.5) is 4.79 Å². The number of hydrogen-bond acceptors (Lipinski definition) is 11. The van der Waals surface area contributed by atoms with Crippen molar-refractivity contribution in [2.45, 2.75) is 81.9 Å². The minimum atomic E-state index is -2.62. The van der Waals surface area contributed by atoms with E-state index in [1.54, 1.807) is 0 Å². The highest BCUT2D eigenvalue weighted by molar-refractivity contribution is 5.78. The fourth-order valence-corrected chi connectivity index (χ4v) is 3.95. The highest BCUT2D eigenvalue weighted by Gasteiger charge is 2.54. The molecule has 1 saturated heterocycles. The molecule has 1 aromatic carbocycles. The topological polar surface area (TPSA) is 204 Å². The molecule has 0 aromatic heterocycles. The van der Waals surface area contributed by atoms with E-state index >= 15 is 0 Å². The minimum absolute atomic E-state index is 0.0369. The third-order valence-electron chi connectivity index (χ3n) is 5.99. The minimum Gasteiger partial charge on any atom is -0.462 e. The molecule has 0 radical (unpaired) electrons. The van der Waals surface area contributed by atoms with E-state index in [1.165, 1.54) is 6.92 Å². The summed E-state index contributed by atoms with van der Waals surface area (Å²) in [5.41, 5.74) is 0.869. The van der Waals surface area contributed by atoms with Crippen molar-refractivity contribution in [3.8, 4) is 0 Å². The van der Waals surface area contributed by atoms with Crippen molar-refractivity contribution >= 4 is 18.0 Å². The number of esters is 1. The number of unbranched alkanes of at least 4 members (excludes halogenated alkanes) is 2. The molecule has 6 atom stereocenters. The summed E-state index contributed by atoms with van der Waals surface area (Å²) in [7, 11) is 0. The molecular formula is C25H38N2O11. The number of aliphatic hydroxyl groups is 5. The van der Waals surface area contributed by atoms with Crippen LogP contribution in [0, 0.1) is 0 Å². The van der Waals surface area contributed by atoms with Crippen LogP contribution in [0.5, 0.6) is 0 Å². The van der Waals surface area contributed by atoms with Crippen LogP contribution in [0.15, 0.2) is 30.3 Å². The van der Waals surface area contributed by atoms with E-state index in [-0.39, 0.29) is 19.6 Å². The first-order chi connectivity index (χ1) is 18.1. The fourth-order valence-electron chi connectivity index (χ4n) is 3.95. The molecular weight excluding hydrogens is 504 g/mol. The molecule has 13 nitrogen and oxygen atoms in total. The molecule has 0 bridgehead atoms. The Morgan fingerprint density at radius 2 is 1.84 bits per heavy atom. The molecule has 1 aromatic rings. The molecule has 1 aliphatic rings. The summed E-state index contributed by atoms with van der Waals surface area (Å²) in [6, 6.07) is 7.94. The smallest absolute Gasteiger partial charge is 0.407 e. The second-order valence-electron chi connectivity index (χ2n) is 8.99. The monoisotopic (exact) mass is 542 g/mol. The number of carbonyl (C=O) groups is 3. The Morgan fingerprint density at radius 1 is 1.13 bits per heavy atom. The van der Waals surface area contributed by atoms with E-state index in [1.807, 2.05) is 30.3 Å². The van der Waals surface area contributed by atoms with Gasteiger partial charge < -0.3 is 50.4 Å². The van der Waals surface area contributed by atoms with Gasteiger partial charge in [0.2, 0.25) is 5.91 Å². The van der Waals surface area contributed by atoms with E-state index in [2.05, 4.69) is 10.6 Å². The normalized spacial score (nSPS) is 24.6. The van der Waals surface area contributed by atoms with Crippen LogP contribution in [-0.2, 0) is 30.4 Å². The number of nitrogens with one attached hydrogen (secondary N) is 2. The summed E-state index contributed by atoms with van der Waals surface area (Å²) in [6.07, 6.45) is -6.31. The molecule has 38 heavy (non-hydrogen) atoms. The maximum Gasteiger partial charge on any atom is 0.407 e. The van der Waals surface area contributed by atoms with E-state index < -0.39 is 67.2 Å². The van der Waals surface area contributed by atoms with Crippen LogP contribution in [0.25, 0.3) is 0 Å². The maximum atomic E-state index is 12.5. The molecule has 2 amide bonds. The van der Waals surface area contributed by atoms with Crippen LogP contribution in [0.1, 0.15) is 44.6 Å². The third kappa shape index (κ3) is 9.49. The van der Waals surface area contributed by atoms with Crippen molar-refractivity contribution in [1.82, 2.24) is 10.6 Å². The molecule has 1 unspecified atom stereocenters. The average Bonchev–Trinajstić information content (AvgIpc) is 2.90. The first kappa shape index (κ1) is 31.4. The van der Waals surface area contributed by atoms with Gasteiger partial charge in [0.1, 0.15) is 24.9 Å². The second kappa shape index (κ2) is 15.6. The summed E-state index contributed by atoms with van der Waals surface area (Å²) in [6.45, 7) is 1.05. The second-order valence-corrected chi connectivity index (χ2v) is 8.99. The Bertz CT molecular complexity index is 887. The van der Waals surface area contributed by atoms with Gasteiger partial charge in [-0.15, -0.1) is 0 Å². The van der Waals surface area contributed by atoms with Crippen LogP contribution < -0.4 is 10.6 Å². The number of aliphatic hydroxyl groups excluding tert-OH is 4. The highest BCUT2D eigenvalue weighted by atomic mass is 16.7. The van der Waals surface area contributed by atoms with Gasteiger partial charge in [-0.2, -0.15) is 0 Å². The Balaban J connectivity index is 1.79. The lowest BCUT2D eigenvalue weighted by atomic mass is 9.88. The highest BCUT2D eigenvalue weighted by Crippen LogP contribution is 2.31. The molecule has 7 N–H and O–H groups in total. The predicted octanol–water partition coefficient (Wildman–Crippen LogP) is -0.926. The van der Waals surface area contributed by atoms with Crippen LogP contribution in [-0.4, -0.2) is 99.5 Å². The van der Waals surface area contributed by atoms with E-state index in [0.717, 1.165) is 5.56 Å². The molecule has 0 saturated carbocycles. The van der Waals surface area contributed by atoms with Gasteiger partial charge in [0.05, 0.1) is 25.4 Å². The SMILES string of the molecule is CCOC(=O)C1(O)C[C@H](O)[C@@H](NC(=O)CCCCCNC(=O)OCc2ccccc2)[C@H]([C@H](O)[C@H](O)CO)O1. The van der Waals surface area contributed by atoms with Crippen LogP contribution in [0.3, 0.4) is 0 Å². The maximum absolute atomic E-state index is 12.5. The van der Waals surface area contributed by atoms with Crippen molar-refractivity contribution in [3.05, 3.63) is 35.9 Å². The first-order valence-corrected chi connectivity index (χ1v) is 12.6. The van der Waals surface area contributed by atoms with Gasteiger partial charge >= 0.3 is 12.1 Å². The average molecular weight is 543 g/mol. The number of rotatable bonds is 14. The third-order valence-corrected chi connectivity index (χ3v) is 5.99. The van der Waals surface area contributed by atoms with E-state index in [0.29, 0.717) is 25.8 Å². The quantitative estimate of drug-likeness (QED) is 0.113. The number of carbonyl (C=O) groups excluding carboxylic acids is 3. The first-order valence-electron chi connectivity index (χ1n) is 12.6. The largest absolute Gasteiger partial charge is 0.462 e. The molecule has 1 aliphatic heterocycles. The lowest BCUT2D eigenvalue weighted by molar-refractivity contribution is -0.297. The zero-order valence-electron chi connectivity index (χ0n) is 21.3. The molecule has 1 fully saturated rings. The standard InChI is InChI=1S/C25H38N2O11/c1-2-36-23(33)25(35)13-17(29)20(22(38-25)21(32)18(30)14-28)27-19(31)11-7-4-8-12-26-24(34)37-15-16-9-5-3-6-10-16/h3,5-6,9-10,17-18,20-22,28-30,32,35H,2,4,7-8,11-15H2,1H3,(H,26,34)(H,27,31)/t17-,18+,20+,21+,22+,25?/m0/s1. The Kier molecular flexibility index (Phi) is 12.9. The van der Waals surface area contributed by atoms with Crippen molar-refractivity contribution in [2.75, 3.05) is 19.8 Å². The number of amides is 2. The number of ether oxygens (including phenoxy) is 3. The number of alkyl carbamates (subject to hydrolysis) is 1. The molecule has 214 valence electrons. The molecule has 13 heteroatoms. The molecule has 1 heterocycles. The zero-order valence-corrected chi connectivity index (χ0v) is 21.3. The van der Waals surface area contributed by atoms with Gasteiger partial charge in [-0.25, -0.2) is 9.59 Å². The van der Waals surface area contributed by atoms with Gasteiger partial charge in [0.15, 0.2) is 0 Å². The van der Waals surface area contributed by atoms with E-state index in [4.69, 9.17) is 14.2 Å². The van der Waals surface area contributed by atoms with Crippen molar-refractivity contribution in [3.63, 3.8) is 0 Å². The summed E-state index contributed by atoms with van der Waals surface area (Å²) >= 11 is 0. The van der Waals surface area contributed by atoms with Gasteiger partial charge in [-0.05, 0) is 25.3 Å². The number of benzene rings is 1.